The van der Waals surface area contributed by atoms with Gasteiger partial charge in [-0.3, -0.25) is 0 Å². The van der Waals surface area contributed by atoms with Crippen LogP contribution in [0.1, 0.15) is 62.8 Å². The molecule has 2 heterocycles. The normalized spacial score (nSPS) is 26.7. The summed E-state index contributed by atoms with van der Waals surface area (Å²) in [6.07, 6.45) is -0.751. The Morgan fingerprint density at radius 1 is 0.525 bits per heavy atom. The maximum atomic E-state index is 11.0. The predicted molar refractivity (Wildman–Crippen MR) is 225 cm³/mol. The monoisotopic (exact) mass is 813 g/mol. The maximum Gasteiger partial charge on any atom is 0.329 e. The molecule has 0 spiro atoms. The molecule has 6 rings (SSSR count). The SMILES string of the molecule is CCC1OC(OCC(=O)O)[C@H](C)C(OCc2ccccc2)[C@@H]1OCc1ccccc1.CCC1OC(OCCN)[C@H](C)C(OCc2ccccc2)[C@@H]1OCc1ccccc1. The van der Waals surface area contributed by atoms with Crippen molar-refractivity contribution in [2.24, 2.45) is 17.6 Å². The zero-order chi connectivity index (χ0) is 41.8. The van der Waals surface area contributed by atoms with Crippen molar-refractivity contribution in [3.8, 4) is 0 Å². The van der Waals surface area contributed by atoms with Gasteiger partial charge in [-0.2, -0.15) is 0 Å². The first kappa shape index (κ1) is 46.1. The highest BCUT2D eigenvalue weighted by atomic mass is 16.7. The molecule has 320 valence electrons. The van der Waals surface area contributed by atoms with Crippen LogP contribution in [0.5, 0.6) is 0 Å². The third-order valence-electron chi connectivity index (χ3n) is 10.6. The standard InChI is InChI=1S/C24H33NO4.C24H30O6/c1-3-21-23(28-17-20-12-8-5-9-13-20)22(18(2)24(29-21)26-15-14-25)27-16-19-10-6-4-7-11-19;1-3-20-23(28-15-19-12-8-5-9-13-19)22(27-14-18-10-6-4-7-11-18)17(2)24(30-20)29-16-21(25)26/h4-13,18,21-24H,3,14-17,25H2,1-2H3;4-13,17,20,22-24H,3,14-16H2,1-2H3,(H,25,26)/t18-,21?,22?,23-,24?;17-,20?,22?,23-,24?/m11/s1. The first-order valence-corrected chi connectivity index (χ1v) is 20.9. The smallest absolute Gasteiger partial charge is 0.329 e. The zero-order valence-electron chi connectivity index (χ0n) is 34.9. The lowest BCUT2D eigenvalue weighted by molar-refractivity contribution is -0.294. The molecule has 59 heavy (non-hydrogen) atoms. The van der Waals surface area contributed by atoms with E-state index < -0.39 is 18.9 Å². The summed E-state index contributed by atoms with van der Waals surface area (Å²) in [5.41, 5.74) is 10.0. The molecular formula is C48H63NO10. The molecule has 0 aliphatic carbocycles. The fourth-order valence-corrected chi connectivity index (χ4v) is 7.42. The molecule has 0 aromatic heterocycles. The predicted octanol–water partition coefficient (Wildman–Crippen LogP) is 7.93. The van der Waals surface area contributed by atoms with E-state index in [4.69, 9.17) is 48.7 Å². The van der Waals surface area contributed by atoms with Crippen molar-refractivity contribution in [2.45, 2.75) is 116 Å². The minimum absolute atomic E-state index is 0.0221. The number of carbonyl (C=O) groups is 1. The highest BCUT2D eigenvalue weighted by Gasteiger charge is 2.46. The Bertz CT molecular complexity index is 1720. The Hall–Kier alpha value is -4.01. The Morgan fingerprint density at radius 3 is 1.15 bits per heavy atom. The third-order valence-corrected chi connectivity index (χ3v) is 10.6. The Labute approximate surface area is 350 Å². The molecule has 0 bridgehead atoms. The molecule has 2 aliphatic heterocycles. The van der Waals surface area contributed by atoms with Gasteiger partial charge in [0.05, 0.1) is 57.5 Å². The van der Waals surface area contributed by atoms with Gasteiger partial charge in [0.15, 0.2) is 12.6 Å². The summed E-state index contributed by atoms with van der Waals surface area (Å²) in [6, 6.07) is 40.3. The summed E-state index contributed by atoms with van der Waals surface area (Å²) in [5.74, 6) is -1.20. The van der Waals surface area contributed by atoms with Crippen molar-refractivity contribution >= 4 is 5.97 Å². The van der Waals surface area contributed by atoms with Crippen molar-refractivity contribution in [1.29, 1.82) is 0 Å². The molecule has 0 saturated carbocycles. The van der Waals surface area contributed by atoms with E-state index in [9.17, 15) is 4.79 Å². The summed E-state index contributed by atoms with van der Waals surface area (Å²) in [4.78, 5) is 11.0. The topological polar surface area (TPSA) is 137 Å². The van der Waals surface area contributed by atoms with Crippen LogP contribution in [0.15, 0.2) is 121 Å². The highest BCUT2D eigenvalue weighted by Crippen LogP contribution is 2.35. The average molecular weight is 814 g/mol. The lowest BCUT2D eigenvalue weighted by Crippen LogP contribution is -2.56. The molecule has 0 amide bonds. The van der Waals surface area contributed by atoms with Gasteiger partial charge in [0.2, 0.25) is 0 Å². The molecule has 2 fully saturated rings. The number of carboxylic acids is 1. The zero-order valence-corrected chi connectivity index (χ0v) is 34.9. The summed E-state index contributed by atoms with van der Waals surface area (Å²) in [5, 5.41) is 9.00. The number of ether oxygens (including phenoxy) is 8. The van der Waals surface area contributed by atoms with E-state index in [0.717, 1.165) is 28.7 Å². The summed E-state index contributed by atoms with van der Waals surface area (Å²) >= 11 is 0. The molecule has 10 atom stereocenters. The van der Waals surface area contributed by atoms with Crippen LogP contribution in [0.2, 0.25) is 0 Å². The largest absolute Gasteiger partial charge is 0.480 e. The van der Waals surface area contributed by atoms with Crippen LogP contribution in [0.4, 0.5) is 0 Å². The van der Waals surface area contributed by atoms with Gasteiger partial charge in [-0.05, 0) is 35.1 Å². The van der Waals surface area contributed by atoms with E-state index in [1.807, 2.05) is 111 Å². The van der Waals surface area contributed by atoms with Crippen LogP contribution in [0, 0.1) is 11.8 Å². The molecule has 4 aromatic rings. The van der Waals surface area contributed by atoms with Crippen LogP contribution >= 0.6 is 0 Å². The first-order chi connectivity index (χ1) is 28.8. The van der Waals surface area contributed by atoms with Crippen LogP contribution in [0.25, 0.3) is 0 Å². The van der Waals surface area contributed by atoms with Crippen molar-refractivity contribution in [3.05, 3.63) is 144 Å². The minimum Gasteiger partial charge on any atom is -0.480 e. The van der Waals surface area contributed by atoms with Gasteiger partial charge in [0, 0.05) is 18.4 Å². The lowest BCUT2D eigenvalue weighted by atomic mass is 9.90. The second-order valence-corrected chi connectivity index (χ2v) is 15.0. The van der Waals surface area contributed by atoms with Crippen LogP contribution in [-0.4, -0.2) is 80.0 Å². The number of rotatable bonds is 20. The molecule has 3 N–H and O–H groups in total. The van der Waals surface area contributed by atoms with Crippen molar-refractivity contribution in [2.75, 3.05) is 19.8 Å². The number of benzene rings is 4. The number of hydrogen-bond acceptors (Lipinski definition) is 10. The van der Waals surface area contributed by atoms with Gasteiger partial charge in [-0.25, -0.2) is 4.79 Å². The molecule has 4 aromatic carbocycles. The summed E-state index contributed by atoms with van der Waals surface area (Å²) in [7, 11) is 0. The molecule has 11 nitrogen and oxygen atoms in total. The van der Waals surface area contributed by atoms with Crippen molar-refractivity contribution in [3.63, 3.8) is 0 Å². The number of nitrogens with two attached hydrogens (primary N) is 1. The number of aliphatic carboxylic acids is 1. The Balaban J connectivity index is 0.000000224. The van der Waals surface area contributed by atoms with E-state index in [0.29, 0.717) is 46.0 Å². The Kier molecular flexibility index (Phi) is 19.5. The quantitative estimate of drug-likeness (QED) is 0.0900. The third kappa shape index (κ3) is 14.3. The molecule has 2 aliphatic rings. The van der Waals surface area contributed by atoms with Crippen LogP contribution in [-0.2, 0) is 69.1 Å². The fraction of sp³-hybridized carbons (Fsp3) is 0.479. The van der Waals surface area contributed by atoms with Crippen LogP contribution in [0.3, 0.4) is 0 Å². The average Bonchev–Trinajstić information content (AvgIpc) is 3.27. The van der Waals surface area contributed by atoms with Gasteiger partial charge >= 0.3 is 5.97 Å². The molecule has 11 heteroatoms. The van der Waals surface area contributed by atoms with Gasteiger partial charge < -0.3 is 48.7 Å². The van der Waals surface area contributed by atoms with Crippen molar-refractivity contribution < 1.29 is 47.8 Å². The maximum absolute atomic E-state index is 11.0. The number of carboxylic acid groups (broad SMARTS) is 1. The van der Waals surface area contributed by atoms with E-state index in [-0.39, 0.29) is 54.7 Å². The summed E-state index contributed by atoms with van der Waals surface area (Å²) < 4.78 is 49.1. The molecular weight excluding hydrogens is 751 g/mol. The summed E-state index contributed by atoms with van der Waals surface area (Å²) in [6.45, 7) is 10.6. The minimum atomic E-state index is -1.02. The van der Waals surface area contributed by atoms with E-state index in [1.54, 1.807) is 0 Å². The van der Waals surface area contributed by atoms with E-state index in [1.165, 1.54) is 0 Å². The van der Waals surface area contributed by atoms with Gasteiger partial charge in [0.25, 0.3) is 0 Å². The highest BCUT2D eigenvalue weighted by molar-refractivity contribution is 5.68. The number of hydrogen-bond donors (Lipinski definition) is 2. The fourth-order valence-electron chi connectivity index (χ4n) is 7.42. The van der Waals surface area contributed by atoms with Gasteiger partial charge in [-0.15, -0.1) is 0 Å². The van der Waals surface area contributed by atoms with Gasteiger partial charge in [-0.1, -0.05) is 149 Å². The van der Waals surface area contributed by atoms with E-state index in [2.05, 4.69) is 38.1 Å². The molecule has 0 radical (unpaired) electrons. The lowest BCUT2D eigenvalue weighted by Gasteiger charge is -2.45. The van der Waals surface area contributed by atoms with Gasteiger partial charge in [0.1, 0.15) is 18.8 Å². The van der Waals surface area contributed by atoms with Crippen LogP contribution < -0.4 is 5.73 Å². The Morgan fingerprint density at radius 2 is 0.847 bits per heavy atom. The first-order valence-electron chi connectivity index (χ1n) is 20.9. The van der Waals surface area contributed by atoms with E-state index >= 15 is 0 Å². The van der Waals surface area contributed by atoms with Crippen molar-refractivity contribution in [1.82, 2.24) is 0 Å². The second-order valence-electron chi connectivity index (χ2n) is 15.0. The second kappa shape index (κ2) is 24.9. The molecule has 6 unspecified atom stereocenters. The molecule has 2 saturated heterocycles.